The number of quaternary nitrogens is 1. The van der Waals surface area contributed by atoms with Gasteiger partial charge in [0.05, 0.1) is 56.4 Å². The number of hydrogen-bond donors (Lipinski definition) is 1. The molecule has 0 saturated carbocycles. The van der Waals surface area contributed by atoms with Crippen molar-refractivity contribution >= 4 is 17.8 Å². The Kier molecular flexibility index (Phi) is 4.92. The van der Waals surface area contributed by atoms with Gasteiger partial charge in [0.2, 0.25) is 0 Å². The molecular formula is C18H25ClN5+. The smallest absolute Gasteiger partial charge is 0.142 e. The van der Waals surface area contributed by atoms with Gasteiger partial charge in [-0.3, -0.25) is 5.01 Å². The lowest BCUT2D eigenvalue weighted by atomic mass is 10.1. The molecule has 128 valence electrons. The van der Waals surface area contributed by atoms with Gasteiger partial charge in [0.25, 0.3) is 0 Å². The van der Waals surface area contributed by atoms with Gasteiger partial charge in [-0.15, -0.1) is 0 Å². The Morgan fingerprint density at radius 2 is 1.92 bits per heavy atom. The minimum Gasteiger partial charge on any atom is -0.334 e. The van der Waals surface area contributed by atoms with Crippen molar-refractivity contribution in [1.82, 2.24) is 14.8 Å². The number of hydrogen-bond acceptors (Lipinski definition) is 3. The van der Waals surface area contributed by atoms with Crippen LogP contribution < -0.4 is 4.90 Å². The maximum absolute atomic E-state index is 6.62. The summed E-state index contributed by atoms with van der Waals surface area (Å²) in [4.78, 5) is 1.55. The molecule has 1 aliphatic rings. The number of aryl methyl sites for hydroxylation is 3. The number of likely N-dealkylation sites (N-methyl/N-ethyl adjacent to an activating group) is 1. The highest BCUT2D eigenvalue weighted by molar-refractivity contribution is 6.32. The largest absolute Gasteiger partial charge is 0.334 e. The van der Waals surface area contributed by atoms with E-state index in [4.69, 9.17) is 11.6 Å². The molecule has 1 saturated heterocycles. The predicted molar refractivity (Wildman–Crippen MR) is 98.6 cm³/mol. The molecule has 24 heavy (non-hydrogen) atoms. The van der Waals surface area contributed by atoms with E-state index in [0.29, 0.717) is 5.15 Å². The third-order valence-electron chi connectivity index (χ3n) is 4.58. The molecule has 1 aromatic heterocycles. The highest BCUT2D eigenvalue weighted by Gasteiger charge is 2.17. The summed E-state index contributed by atoms with van der Waals surface area (Å²) in [6.45, 7) is 10.3. The zero-order valence-electron chi connectivity index (χ0n) is 14.8. The fraction of sp³-hybridized carbons (Fsp3) is 0.444. The molecule has 1 aliphatic heterocycles. The Hall–Kier alpha value is -1.85. The Morgan fingerprint density at radius 1 is 1.21 bits per heavy atom. The lowest BCUT2D eigenvalue weighted by Crippen LogP contribution is -3.11. The SMILES string of the molecule is Cc1ccc(C)c(-n2nc(C)c(/C=N/N3CC[NH+](C)CC3)c2Cl)c1. The molecule has 0 spiro atoms. The number of nitrogens with zero attached hydrogens (tertiary/aromatic N) is 4. The summed E-state index contributed by atoms with van der Waals surface area (Å²) < 4.78 is 1.81. The van der Waals surface area contributed by atoms with Crippen molar-refractivity contribution in [3.05, 3.63) is 45.7 Å². The van der Waals surface area contributed by atoms with Gasteiger partial charge < -0.3 is 4.90 Å². The molecule has 6 heteroatoms. The summed E-state index contributed by atoms with van der Waals surface area (Å²) in [5.41, 5.74) is 5.14. The number of rotatable bonds is 3. The minimum absolute atomic E-state index is 0.615. The van der Waals surface area contributed by atoms with E-state index in [1.165, 1.54) is 5.56 Å². The highest BCUT2D eigenvalue weighted by atomic mass is 35.5. The number of aromatic nitrogens is 2. The van der Waals surface area contributed by atoms with Gasteiger partial charge in [-0.25, -0.2) is 4.68 Å². The molecule has 5 nitrogen and oxygen atoms in total. The molecule has 3 rings (SSSR count). The maximum atomic E-state index is 6.62. The second-order valence-electron chi connectivity index (χ2n) is 6.65. The third-order valence-corrected chi connectivity index (χ3v) is 4.95. The van der Waals surface area contributed by atoms with E-state index in [9.17, 15) is 0 Å². The van der Waals surface area contributed by atoms with Crippen LogP contribution in [0.3, 0.4) is 0 Å². The summed E-state index contributed by atoms with van der Waals surface area (Å²) in [5.74, 6) is 0. The van der Waals surface area contributed by atoms with Gasteiger partial charge in [0.1, 0.15) is 5.15 Å². The predicted octanol–water partition coefficient (Wildman–Crippen LogP) is 1.62. The molecule has 0 amide bonds. The minimum atomic E-state index is 0.615. The summed E-state index contributed by atoms with van der Waals surface area (Å²) >= 11 is 6.62. The lowest BCUT2D eigenvalue weighted by Gasteiger charge is -2.27. The topological polar surface area (TPSA) is 37.9 Å². The van der Waals surface area contributed by atoms with Crippen molar-refractivity contribution in [1.29, 1.82) is 0 Å². The number of benzene rings is 1. The molecule has 0 radical (unpaired) electrons. The molecule has 0 atom stereocenters. The first-order valence-corrected chi connectivity index (χ1v) is 8.76. The van der Waals surface area contributed by atoms with Crippen molar-refractivity contribution in [2.45, 2.75) is 20.8 Å². The van der Waals surface area contributed by atoms with Crippen LogP contribution in [0.25, 0.3) is 5.69 Å². The fourth-order valence-electron chi connectivity index (χ4n) is 2.90. The first-order valence-electron chi connectivity index (χ1n) is 8.38. The highest BCUT2D eigenvalue weighted by Crippen LogP contribution is 2.25. The second kappa shape index (κ2) is 6.95. The van der Waals surface area contributed by atoms with Crippen molar-refractivity contribution < 1.29 is 4.90 Å². The van der Waals surface area contributed by atoms with E-state index in [1.807, 2.05) is 17.8 Å². The Labute approximate surface area is 148 Å². The molecule has 2 aromatic rings. The van der Waals surface area contributed by atoms with Crippen LogP contribution in [0.1, 0.15) is 22.4 Å². The van der Waals surface area contributed by atoms with Gasteiger partial charge in [0, 0.05) is 0 Å². The van der Waals surface area contributed by atoms with Crippen LogP contribution in [0.4, 0.5) is 0 Å². The fourth-order valence-corrected chi connectivity index (χ4v) is 3.21. The van der Waals surface area contributed by atoms with E-state index in [1.54, 1.807) is 4.90 Å². The maximum Gasteiger partial charge on any atom is 0.142 e. The molecule has 0 bridgehead atoms. The van der Waals surface area contributed by atoms with Gasteiger partial charge in [-0.1, -0.05) is 23.7 Å². The van der Waals surface area contributed by atoms with Crippen LogP contribution in [0.5, 0.6) is 0 Å². The summed E-state index contributed by atoms with van der Waals surface area (Å²) in [7, 11) is 2.22. The Balaban J connectivity index is 1.88. The van der Waals surface area contributed by atoms with Crippen LogP contribution in [0.15, 0.2) is 23.3 Å². The zero-order chi connectivity index (χ0) is 17.3. The zero-order valence-corrected chi connectivity index (χ0v) is 15.6. The van der Waals surface area contributed by atoms with Gasteiger partial charge >= 0.3 is 0 Å². The van der Waals surface area contributed by atoms with E-state index < -0.39 is 0 Å². The number of nitrogens with one attached hydrogen (secondary N) is 1. The molecule has 0 unspecified atom stereocenters. The summed E-state index contributed by atoms with van der Waals surface area (Å²) in [6, 6.07) is 6.30. The Bertz CT molecular complexity index is 757. The van der Waals surface area contributed by atoms with E-state index in [2.05, 4.69) is 54.3 Å². The van der Waals surface area contributed by atoms with Gasteiger partial charge in [0.15, 0.2) is 0 Å². The third kappa shape index (κ3) is 3.47. The first-order chi connectivity index (χ1) is 11.5. The van der Waals surface area contributed by atoms with E-state index in [-0.39, 0.29) is 0 Å². The molecule has 2 heterocycles. The van der Waals surface area contributed by atoms with Crippen molar-refractivity contribution in [3.8, 4) is 5.69 Å². The van der Waals surface area contributed by atoms with Crippen LogP contribution in [-0.4, -0.2) is 54.2 Å². The lowest BCUT2D eigenvalue weighted by molar-refractivity contribution is -0.884. The van der Waals surface area contributed by atoms with E-state index in [0.717, 1.165) is 48.7 Å². The van der Waals surface area contributed by atoms with Crippen LogP contribution in [-0.2, 0) is 0 Å². The van der Waals surface area contributed by atoms with Crippen molar-refractivity contribution in [3.63, 3.8) is 0 Å². The van der Waals surface area contributed by atoms with Crippen LogP contribution in [0.2, 0.25) is 5.15 Å². The number of hydrazone groups is 1. The van der Waals surface area contributed by atoms with Crippen molar-refractivity contribution in [2.75, 3.05) is 33.2 Å². The summed E-state index contributed by atoms with van der Waals surface area (Å²) in [5, 5.41) is 12.0. The van der Waals surface area contributed by atoms with Crippen LogP contribution >= 0.6 is 11.6 Å². The molecular weight excluding hydrogens is 322 g/mol. The number of piperazine rings is 1. The van der Waals surface area contributed by atoms with Gasteiger partial charge in [-0.2, -0.15) is 10.2 Å². The Morgan fingerprint density at radius 3 is 2.62 bits per heavy atom. The average molecular weight is 347 g/mol. The standard InChI is InChI=1S/C18H24ClN5/c1-13-5-6-14(2)17(11-13)24-18(19)16(15(3)21-24)12-20-23-9-7-22(4)8-10-23/h5-6,11-12H,7-10H2,1-4H3/p+1/b20-12+. The van der Waals surface area contributed by atoms with Crippen LogP contribution in [0, 0.1) is 20.8 Å². The quantitative estimate of drug-likeness (QED) is 0.858. The van der Waals surface area contributed by atoms with Crippen molar-refractivity contribution in [2.24, 2.45) is 5.10 Å². The van der Waals surface area contributed by atoms with E-state index >= 15 is 0 Å². The van der Waals surface area contributed by atoms with Gasteiger partial charge in [-0.05, 0) is 38.0 Å². The molecule has 1 N–H and O–H groups in total. The summed E-state index contributed by atoms with van der Waals surface area (Å²) in [6.07, 6.45) is 1.85. The molecule has 1 fully saturated rings. The first kappa shape index (κ1) is 17.0. The number of halogens is 1. The monoisotopic (exact) mass is 346 g/mol. The average Bonchev–Trinajstić information content (AvgIpc) is 2.84. The molecule has 0 aliphatic carbocycles. The normalized spacial score (nSPS) is 16.3. The second-order valence-corrected chi connectivity index (χ2v) is 7.00. The molecule has 1 aromatic carbocycles.